The molecule has 0 aliphatic carbocycles. The van der Waals surface area contributed by atoms with E-state index in [0.717, 1.165) is 56.3 Å². The SMILES string of the molecule is C.Nc1ccc(C2CCN(C(=O)c3ccc(Oc4ccccc4)cc3)CC2)cn1.Nc1ccc(C2CCNCC2)cn1.O=C(O)c1ccc(Oc2ccccc2)cc1. The van der Waals surface area contributed by atoms with Gasteiger partial charge >= 0.3 is 5.97 Å². The number of hydrogen-bond donors (Lipinski definition) is 4. The molecule has 4 heterocycles. The lowest BCUT2D eigenvalue weighted by atomic mass is 9.90. The zero-order valence-corrected chi connectivity index (χ0v) is 31.7. The lowest BCUT2D eigenvalue weighted by Crippen LogP contribution is -2.37. The highest BCUT2D eigenvalue weighted by molar-refractivity contribution is 5.94. The Labute approximate surface area is 340 Å². The number of aromatic carboxylic acids is 1. The van der Waals surface area contributed by atoms with Crippen molar-refractivity contribution in [3.05, 3.63) is 168 Å². The van der Waals surface area contributed by atoms with Gasteiger partial charge in [-0.1, -0.05) is 56.0 Å². The first-order valence-electron chi connectivity index (χ1n) is 19.1. The molecule has 11 nitrogen and oxygen atoms in total. The van der Waals surface area contributed by atoms with Crippen molar-refractivity contribution in [3.63, 3.8) is 0 Å². The van der Waals surface area contributed by atoms with E-state index in [1.807, 2.05) is 120 Å². The first-order chi connectivity index (χ1) is 27.8. The Morgan fingerprint density at radius 1 is 0.569 bits per heavy atom. The van der Waals surface area contributed by atoms with Gasteiger partial charge in [0.05, 0.1) is 5.56 Å². The van der Waals surface area contributed by atoms with Gasteiger partial charge in [-0.2, -0.15) is 0 Å². The van der Waals surface area contributed by atoms with Crippen LogP contribution in [0.5, 0.6) is 23.0 Å². The Kier molecular flexibility index (Phi) is 15.8. The largest absolute Gasteiger partial charge is 0.478 e. The standard InChI is InChI=1S/C23H23N3O2.C13H10O3.C10H15N3.CH4/c24-22-11-8-19(16-25-22)17-12-14-26(15-13-17)23(27)18-6-9-21(10-7-18)28-20-4-2-1-3-5-20;14-13(15)10-6-8-12(9-7-10)16-11-4-2-1-3-5-11;11-10-2-1-9(7-13-10)8-3-5-12-6-4-8;/h1-11,16-17H,12-15H2,(H2,24,25);1-9H,(H,14,15);1-2,7-8,12H,3-6H2,(H2,11,13);1H4. The van der Waals surface area contributed by atoms with Crippen LogP contribution in [0.1, 0.15) is 76.8 Å². The quantitative estimate of drug-likeness (QED) is 0.117. The van der Waals surface area contributed by atoms with Gasteiger partial charge in [-0.3, -0.25) is 4.79 Å². The van der Waals surface area contributed by atoms with E-state index < -0.39 is 5.97 Å². The number of carbonyl (C=O) groups excluding carboxylic acids is 1. The first kappa shape index (κ1) is 42.4. The van der Waals surface area contributed by atoms with Crippen molar-refractivity contribution in [2.24, 2.45) is 0 Å². The zero-order valence-electron chi connectivity index (χ0n) is 31.7. The minimum absolute atomic E-state index is 0. The maximum atomic E-state index is 12.8. The fourth-order valence-corrected chi connectivity index (χ4v) is 6.65. The highest BCUT2D eigenvalue weighted by Gasteiger charge is 2.25. The summed E-state index contributed by atoms with van der Waals surface area (Å²) in [6, 6.07) is 40.4. The summed E-state index contributed by atoms with van der Waals surface area (Å²) in [4.78, 5) is 33.7. The number of anilines is 2. The zero-order chi connectivity index (χ0) is 39.8. The maximum Gasteiger partial charge on any atom is 0.335 e. The third-order valence-corrected chi connectivity index (χ3v) is 9.84. The molecule has 11 heteroatoms. The molecule has 0 spiro atoms. The number of para-hydroxylation sites is 2. The van der Waals surface area contributed by atoms with E-state index >= 15 is 0 Å². The molecule has 8 rings (SSSR count). The number of nitrogen functional groups attached to an aromatic ring is 2. The highest BCUT2D eigenvalue weighted by atomic mass is 16.5. The summed E-state index contributed by atoms with van der Waals surface area (Å²) in [5.41, 5.74) is 14.7. The Bertz CT molecular complexity index is 2120. The van der Waals surface area contributed by atoms with Crippen molar-refractivity contribution in [1.82, 2.24) is 20.2 Å². The summed E-state index contributed by atoms with van der Waals surface area (Å²) in [7, 11) is 0. The second kappa shape index (κ2) is 21.5. The van der Waals surface area contributed by atoms with Crippen molar-refractivity contribution in [2.75, 3.05) is 37.6 Å². The molecule has 300 valence electrons. The van der Waals surface area contributed by atoms with Crippen LogP contribution < -0.4 is 26.3 Å². The van der Waals surface area contributed by atoms with E-state index in [4.69, 9.17) is 26.0 Å². The van der Waals surface area contributed by atoms with Gasteiger partial charge in [-0.15, -0.1) is 0 Å². The molecule has 6 aromatic rings. The third kappa shape index (κ3) is 12.7. The van der Waals surface area contributed by atoms with Crippen LogP contribution in [0.3, 0.4) is 0 Å². The number of piperidine rings is 2. The summed E-state index contributed by atoms with van der Waals surface area (Å²) in [5, 5.41) is 12.1. The van der Waals surface area contributed by atoms with Crippen LogP contribution in [0.15, 0.2) is 146 Å². The molecule has 0 radical (unpaired) electrons. The van der Waals surface area contributed by atoms with Gasteiger partial charge in [0.15, 0.2) is 0 Å². The number of nitrogens with two attached hydrogens (primary N) is 2. The summed E-state index contributed by atoms with van der Waals surface area (Å²) in [6.07, 6.45) is 8.06. The Balaban J connectivity index is 0.000000181. The Morgan fingerprint density at radius 3 is 1.40 bits per heavy atom. The summed E-state index contributed by atoms with van der Waals surface area (Å²) in [5.74, 6) is 4.23. The molecular formula is C47H52N6O5. The van der Waals surface area contributed by atoms with Crippen LogP contribution in [-0.2, 0) is 0 Å². The number of amides is 1. The van der Waals surface area contributed by atoms with Crippen LogP contribution in [0.2, 0.25) is 0 Å². The van der Waals surface area contributed by atoms with E-state index in [0.29, 0.717) is 34.8 Å². The Morgan fingerprint density at radius 2 is 0.983 bits per heavy atom. The molecular weight excluding hydrogens is 729 g/mol. The number of likely N-dealkylation sites (tertiary alicyclic amines) is 1. The molecule has 1 amide bonds. The van der Waals surface area contributed by atoms with E-state index in [1.54, 1.807) is 12.1 Å². The summed E-state index contributed by atoms with van der Waals surface area (Å²) >= 11 is 0. The molecule has 4 aromatic carbocycles. The molecule has 2 saturated heterocycles. The fraction of sp³-hybridized carbons (Fsp3) is 0.234. The lowest BCUT2D eigenvalue weighted by Gasteiger charge is -2.32. The molecule has 0 atom stereocenters. The van der Waals surface area contributed by atoms with E-state index in [9.17, 15) is 9.59 Å². The van der Waals surface area contributed by atoms with Crippen molar-refractivity contribution < 1.29 is 24.2 Å². The van der Waals surface area contributed by atoms with Crippen LogP contribution >= 0.6 is 0 Å². The number of rotatable bonds is 8. The molecule has 2 aliphatic rings. The average Bonchev–Trinajstić information content (AvgIpc) is 3.26. The highest BCUT2D eigenvalue weighted by Crippen LogP contribution is 2.29. The second-order valence-corrected chi connectivity index (χ2v) is 13.8. The van der Waals surface area contributed by atoms with Crippen molar-refractivity contribution in [3.8, 4) is 23.0 Å². The van der Waals surface area contributed by atoms with Gasteiger partial charge in [0, 0.05) is 31.0 Å². The first-order valence-corrected chi connectivity index (χ1v) is 19.1. The van der Waals surface area contributed by atoms with Crippen molar-refractivity contribution >= 4 is 23.5 Å². The number of ether oxygens (including phenoxy) is 2. The van der Waals surface area contributed by atoms with Gasteiger partial charge in [0.25, 0.3) is 5.91 Å². The topological polar surface area (TPSA) is 166 Å². The van der Waals surface area contributed by atoms with E-state index in [1.165, 1.54) is 36.1 Å². The van der Waals surface area contributed by atoms with E-state index in [2.05, 4.69) is 21.4 Å². The number of hydrogen-bond acceptors (Lipinski definition) is 9. The monoisotopic (exact) mass is 780 g/mol. The molecule has 2 aliphatic heterocycles. The average molecular weight is 781 g/mol. The number of aromatic nitrogens is 2. The summed E-state index contributed by atoms with van der Waals surface area (Å²) in [6.45, 7) is 3.73. The fourth-order valence-electron chi connectivity index (χ4n) is 6.65. The second-order valence-electron chi connectivity index (χ2n) is 13.8. The number of carboxylic acids is 1. The predicted molar refractivity (Wildman–Crippen MR) is 230 cm³/mol. The number of nitrogens with zero attached hydrogens (tertiary/aromatic N) is 3. The normalized spacial score (nSPS) is 14.0. The number of carbonyl (C=O) groups is 2. The molecule has 58 heavy (non-hydrogen) atoms. The minimum Gasteiger partial charge on any atom is -0.478 e. The van der Waals surface area contributed by atoms with Crippen molar-refractivity contribution in [2.45, 2.75) is 44.9 Å². The maximum absolute atomic E-state index is 12.8. The number of nitrogens with one attached hydrogen (secondary N) is 1. The van der Waals surface area contributed by atoms with Crippen molar-refractivity contribution in [1.29, 1.82) is 0 Å². The third-order valence-electron chi connectivity index (χ3n) is 9.84. The van der Waals surface area contributed by atoms with Gasteiger partial charge in [0.2, 0.25) is 0 Å². The molecule has 6 N–H and O–H groups in total. The Hall–Kier alpha value is -6.72. The van der Waals surface area contributed by atoms with Crippen LogP contribution in [0.4, 0.5) is 11.6 Å². The smallest absolute Gasteiger partial charge is 0.335 e. The van der Waals surface area contributed by atoms with Crippen LogP contribution in [0.25, 0.3) is 0 Å². The number of pyridine rings is 2. The van der Waals surface area contributed by atoms with Gasteiger partial charge in [-0.05, 0) is 147 Å². The van der Waals surface area contributed by atoms with Gasteiger partial charge in [0.1, 0.15) is 34.6 Å². The van der Waals surface area contributed by atoms with Crippen LogP contribution in [0, 0.1) is 0 Å². The van der Waals surface area contributed by atoms with Gasteiger partial charge < -0.3 is 36.3 Å². The molecule has 0 saturated carbocycles. The number of benzene rings is 4. The molecule has 0 unspecified atom stereocenters. The molecule has 2 fully saturated rings. The van der Waals surface area contributed by atoms with E-state index in [-0.39, 0.29) is 18.9 Å². The van der Waals surface area contributed by atoms with Crippen LogP contribution in [-0.4, -0.2) is 58.0 Å². The summed E-state index contributed by atoms with van der Waals surface area (Å²) < 4.78 is 11.3. The van der Waals surface area contributed by atoms with Gasteiger partial charge in [-0.25, -0.2) is 14.8 Å². The lowest BCUT2D eigenvalue weighted by molar-refractivity contribution is 0.0693. The minimum atomic E-state index is -0.939. The molecule has 2 aromatic heterocycles. The number of carboxylic acid groups (broad SMARTS) is 1. The predicted octanol–water partition coefficient (Wildman–Crippen LogP) is 9.42. The molecule has 0 bridgehead atoms.